The Morgan fingerprint density at radius 3 is 1.90 bits per heavy atom. The van der Waals surface area contributed by atoms with E-state index in [1.54, 1.807) is 32.7 Å². The Morgan fingerprint density at radius 1 is 0.755 bits per heavy atom. The molecule has 0 saturated heterocycles. The van der Waals surface area contributed by atoms with Gasteiger partial charge >= 0.3 is 0 Å². The van der Waals surface area contributed by atoms with Crippen molar-refractivity contribution in [3.8, 4) is 17.4 Å². The summed E-state index contributed by atoms with van der Waals surface area (Å²) in [7, 11) is 3.27. The number of aldehydes is 2. The molecule has 6 heterocycles. The van der Waals surface area contributed by atoms with Crippen LogP contribution in [-0.2, 0) is 22.7 Å². The number of hydrogen-bond donors (Lipinski definition) is 1. The Balaban J connectivity index is 0.000000197. The average molecular weight is 736 g/mol. The molecule has 0 aliphatic carbocycles. The van der Waals surface area contributed by atoms with E-state index in [9.17, 15) is 14.4 Å². The zero-order chi connectivity index (χ0) is 34.8. The highest BCUT2D eigenvalue weighted by atomic mass is 79.9. The summed E-state index contributed by atoms with van der Waals surface area (Å²) < 4.78 is 30.1. The molecule has 0 unspecified atom stereocenters. The number of imidazole rings is 2. The predicted octanol–water partition coefficient (Wildman–Crippen LogP) is 4.59. The van der Waals surface area contributed by atoms with Crippen LogP contribution in [0, 0.1) is 0 Å². The predicted molar refractivity (Wildman–Crippen MR) is 184 cm³/mol. The lowest BCUT2D eigenvalue weighted by atomic mass is 10.2. The van der Waals surface area contributed by atoms with Gasteiger partial charge in [-0.1, -0.05) is 28.1 Å². The number of alkyl halides is 1. The first-order chi connectivity index (χ1) is 24.0. The monoisotopic (exact) mass is 734 g/mol. The van der Waals surface area contributed by atoms with E-state index in [0.29, 0.717) is 42.4 Å². The summed E-state index contributed by atoms with van der Waals surface area (Å²) in [5.74, 6) is 1.10. The second-order valence-corrected chi connectivity index (χ2v) is 10.7. The van der Waals surface area contributed by atoms with E-state index in [1.807, 2.05) is 57.9 Å². The highest BCUT2D eigenvalue weighted by Gasteiger charge is 2.10. The summed E-state index contributed by atoms with van der Waals surface area (Å²) in [5, 5.41) is 0.934. The summed E-state index contributed by atoms with van der Waals surface area (Å²) in [5.41, 5.74) is 3.69. The minimum absolute atomic E-state index is 0.226. The quantitative estimate of drug-likeness (QED) is 0.0947. The van der Waals surface area contributed by atoms with E-state index in [4.69, 9.17) is 18.9 Å². The molecule has 0 amide bonds. The number of aromatic amines is 1. The lowest BCUT2D eigenvalue weighted by Crippen LogP contribution is -2.08. The number of halogens is 1. The second-order valence-electron chi connectivity index (χ2n) is 9.90. The molecule has 0 bridgehead atoms. The van der Waals surface area contributed by atoms with Crippen molar-refractivity contribution in [1.82, 2.24) is 28.7 Å². The number of hydrogen-bond acceptors (Lipinski definition) is 11. The van der Waals surface area contributed by atoms with Crippen molar-refractivity contribution in [2.45, 2.75) is 13.2 Å². The third-order valence-electron chi connectivity index (χ3n) is 6.63. The molecule has 0 spiro atoms. The zero-order valence-corrected chi connectivity index (χ0v) is 28.4. The van der Waals surface area contributed by atoms with Crippen LogP contribution in [0.15, 0.2) is 90.8 Å². The van der Waals surface area contributed by atoms with Gasteiger partial charge in [0.05, 0.1) is 30.5 Å². The molecule has 6 aromatic heterocycles. The SMILES string of the molecule is COCCBr.COCCOc1cc(C=O)c(OCc2cccn3ccnc23)cn1.O=Cc1cc(=O)[nH]cc1OCc1cccn2ccnc12. The summed E-state index contributed by atoms with van der Waals surface area (Å²) in [4.78, 5) is 48.5. The Kier molecular flexibility index (Phi) is 14.5. The smallest absolute Gasteiger partial charge is 0.248 e. The van der Waals surface area contributed by atoms with E-state index in [1.165, 1.54) is 18.5 Å². The number of fused-ring (bicyclic) bond motifs is 2. The molecule has 256 valence electrons. The van der Waals surface area contributed by atoms with E-state index in [2.05, 4.69) is 40.6 Å². The number of pyridine rings is 4. The van der Waals surface area contributed by atoms with Gasteiger partial charge < -0.3 is 37.5 Å². The molecule has 1 N–H and O–H groups in total. The number of carbonyl (C=O) groups is 2. The third kappa shape index (κ3) is 10.6. The van der Waals surface area contributed by atoms with Gasteiger partial charge in [0.1, 0.15) is 42.6 Å². The number of ether oxygens (including phenoxy) is 5. The fourth-order valence-electron chi connectivity index (χ4n) is 4.28. The molecule has 49 heavy (non-hydrogen) atoms. The van der Waals surface area contributed by atoms with Gasteiger partial charge in [-0.25, -0.2) is 15.0 Å². The van der Waals surface area contributed by atoms with Crippen LogP contribution in [-0.4, -0.2) is 80.7 Å². The topological polar surface area (TPSA) is 161 Å². The van der Waals surface area contributed by atoms with Crippen LogP contribution in [0.1, 0.15) is 31.8 Å². The van der Waals surface area contributed by atoms with Crippen molar-refractivity contribution in [1.29, 1.82) is 0 Å². The van der Waals surface area contributed by atoms with Crippen molar-refractivity contribution in [2.75, 3.05) is 39.4 Å². The van der Waals surface area contributed by atoms with Crippen molar-refractivity contribution < 1.29 is 33.3 Å². The number of rotatable bonds is 14. The summed E-state index contributed by atoms with van der Waals surface area (Å²) in [6.07, 6.45) is 15.1. The highest BCUT2D eigenvalue weighted by Crippen LogP contribution is 2.22. The van der Waals surface area contributed by atoms with E-state index in [-0.39, 0.29) is 24.3 Å². The molecule has 0 saturated carbocycles. The average Bonchev–Trinajstić information content (AvgIpc) is 3.82. The van der Waals surface area contributed by atoms with Gasteiger partial charge in [-0.2, -0.15) is 0 Å². The second kappa shape index (κ2) is 19.4. The summed E-state index contributed by atoms with van der Waals surface area (Å²) in [6, 6.07) is 10.4. The van der Waals surface area contributed by atoms with Gasteiger partial charge in [-0.05, 0) is 12.1 Å². The van der Waals surface area contributed by atoms with Crippen LogP contribution in [0.2, 0.25) is 0 Å². The number of H-pyrrole nitrogens is 1. The minimum Gasteiger partial charge on any atom is -0.486 e. The summed E-state index contributed by atoms with van der Waals surface area (Å²) >= 11 is 3.18. The first-order valence-corrected chi connectivity index (χ1v) is 16.0. The largest absolute Gasteiger partial charge is 0.486 e. The van der Waals surface area contributed by atoms with Crippen molar-refractivity contribution >= 4 is 39.8 Å². The van der Waals surface area contributed by atoms with Crippen LogP contribution in [0.5, 0.6) is 17.4 Å². The van der Waals surface area contributed by atoms with Crippen LogP contribution in [0.25, 0.3) is 11.3 Å². The van der Waals surface area contributed by atoms with Gasteiger partial charge in [0.2, 0.25) is 11.4 Å². The van der Waals surface area contributed by atoms with Gasteiger partial charge in [-0.3, -0.25) is 14.4 Å². The van der Waals surface area contributed by atoms with E-state index < -0.39 is 0 Å². The Labute approximate surface area is 289 Å². The number of methoxy groups -OCH3 is 2. The lowest BCUT2D eigenvalue weighted by Gasteiger charge is -2.10. The molecule has 0 aromatic carbocycles. The molecule has 0 atom stereocenters. The normalized spacial score (nSPS) is 10.4. The van der Waals surface area contributed by atoms with Crippen molar-refractivity contribution in [3.63, 3.8) is 0 Å². The molecule has 0 aliphatic rings. The van der Waals surface area contributed by atoms with Crippen LogP contribution >= 0.6 is 15.9 Å². The first-order valence-electron chi connectivity index (χ1n) is 14.9. The van der Waals surface area contributed by atoms with Crippen molar-refractivity contribution in [3.05, 3.63) is 119 Å². The molecular formula is C34H35BrN6O8. The third-order valence-corrected chi connectivity index (χ3v) is 6.95. The summed E-state index contributed by atoms with van der Waals surface area (Å²) in [6.45, 7) is 2.16. The number of carbonyl (C=O) groups excluding carboxylic acids is 2. The molecule has 6 aromatic rings. The molecular weight excluding hydrogens is 700 g/mol. The Morgan fingerprint density at radius 2 is 1.35 bits per heavy atom. The van der Waals surface area contributed by atoms with Gasteiger partial charge in [-0.15, -0.1) is 0 Å². The maximum atomic E-state index is 11.3. The molecule has 14 nitrogen and oxygen atoms in total. The number of nitrogens with one attached hydrogen (secondary N) is 1. The molecule has 15 heteroatoms. The van der Waals surface area contributed by atoms with Crippen molar-refractivity contribution in [2.24, 2.45) is 0 Å². The minimum atomic E-state index is -0.338. The first kappa shape index (κ1) is 36.5. The zero-order valence-electron chi connectivity index (χ0n) is 26.9. The van der Waals surface area contributed by atoms with Crippen LogP contribution < -0.4 is 19.8 Å². The fourth-order valence-corrected chi connectivity index (χ4v) is 4.60. The number of nitrogens with zero attached hydrogens (tertiary/aromatic N) is 5. The van der Waals surface area contributed by atoms with Gasteiger partial charge in [0.25, 0.3) is 0 Å². The standard InChI is InChI=1S/C17H17N3O4.C14H11N3O3.C3H7BrO/c1-22-7-8-23-16-9-14(11-21)15(10-19-16)24-12-13-3-2-5-20-6-4-18-17(13)20;18-8-11-6-13(19)16-7-12(11)20-9-10-2-1-4-17-5-3-15-14(10)17;1-5-3-2-4/h2-6,9-11H,7-8,12H2,1H3;1-8H,9H2,(H,16,19);2-3H2,1H3. The molecule has 6 rings (SSSR count). The van der Waals surface area contributed by atoms with E-state index in [0.717, 1.165) is 40.6 Å². The fraction of sp³-hybridized carbons (Fsp3) is 0.235. The maximum Gasteiger partial charge on any atom is 0.248 e. The highest BCUT2D eigenvalue weighted by molar-refractivity contribution is 9.09. The molecule has 0 radical (unpaired) electrons. The lowest BCUT2D eigenvalue weighted by molar-refractivity contribution is 0.111. The van der Waals surface area contributed by atoms with Crippen LogP contribution in [0.3, 0.4) is 0 Å². The van der Waals surface area contributed by atoms with E-state index >= 15 is 0 Å². The van der Waals surface area contributed by atoms with Gasteiger partial charge in [0.15, 0.2) is 12.6 Å². The molecule has 0 fully saturated rings. The molecule has 0 aliphatic heterocycles. The van der Waals surface area contributed by atoms with Gasteiger partial charge in [0, 0.05) is 86.2 Å². The number of aromatic nitrogens is 6. The Bertz CT molecular complexity index is 1990. The van der Waals surface area contributed by atoms with Crippen LogP contribution in [0.4, 0.5) is 0 Å². The Hall–Kier alpha value is -5.38. The maximum absolute atomic E-state index is 11.3.